The van der Waals surface area contributed by atoms with E-state index in [0.29, 0.717) is 32.5 Å². The van der Waals surface area contributed by atoms with E-state index in [9.17, 15) is 19.5 Å². The molecule has 2 aliphatic heterocycles. The molecule has 6 rings (SSSR count). The smallest absolute Gasteiger partial charge is 0.407 e. The molecule has 3 atom stereocenters. The number of carbonyl (C=O) groups excluding carboxylic acids is 2. The molecule has 0 radical (unpaired) electrons. The molecular formula is C33H35N3O6. The SMILES string of the molecule is O=C(NC[C@H]1CCO[C@H]1C(=O)NC1(C(=O)O)CCN(Cc2ccccc2)C1)OCC1c2ccccc2-c2ccccc21. The summed E-state index contributed by atoms with van der Waals surface area (Å²) >= 11 is 0. The Bertz CT molecular complexity index is 1420. The lowest BCUT2D eigenvalue weighted by atomic mass is 9.95. The summed E-state index contributed by atoms with van der Waals surface area (Å²) < 4.78 is 11.4. The third-order valence-corrected chi connectivity index (χ3v) is 8.69. The molecule has 9 nitrogen and oxygen atoms in total. The molecule has 2 fully saturated rings. The van der Waals surface area contributed by atoms with E-state index in [4.69, 9.17) is 9.47 Å². The Hall–Kier alpha value is -4.21. The fraction of sp³-hybridized carbons (Fsp3) is 0.364. The zero-order valence-corrected chi connectivity index (χ0v) is 23.3. The topological polar surface area (TPSA) is 117 Å². The molecule has 0 saturated carbocycles. The second-order valence-corrected chi connectivity index (χ2v) is 11.4. The second-order valence-electron chi connectivity index (χ2n) is 11.4. The minimum absolute atomic E-state index is 0.0448. The van der Waals surface area contributed by atoms with Crippen molar-refractivity contribution in [1.82, 2.24) is 15.5 Å². The number of hydrogen-bond donors (Lipinski definition) is 3. The van der Waals surface area contributed by atoms with Gasteiger partial charge >= 0.3 is 12.1 Å². The van der Waals surface area contributed by atoms with Gasteiger partial charge in [0.05, 0.1) is 0 Å². The predicted octanol–water partition coefficient (Wildman–Crippen LogP) is 3.78. The van der Waals surface area contributed by atoms with Crippen LogP contribution in [0.5, 0.6) is 0 Å². The lowest BCUT2D eigenvalue weighted by Crippen LogP contribution is -2.59. The standard InChI is InChI=1S/C33H35N3O6/c37-30(35-33(31(38)39)15-16-36(21-33)19-22-8-2-1-3-9-22)29-23(14-17-41-29)18-34-32(40)42-20-28-26-12-6-4-10-24(26)25-11-5-7-13-27(25)28/h1-13,23,28-29H,14-21H2,(H,34,40)(H,35,37)(H,38,39)/t23-,29-,33?/m1/s1. The first-order valence-corrected chi connectivity index (χ1v) is 14.5. The third kappa shape index (κ3) is 5.62. The quantitative estimate of drug-likeness (QED) is 0.359. The predicted molar refractivity (Wildman–Crippen MR) is 156 cm³/mol. The van der Waals surface area contributed by atoms with E-state index < -0.39 is 29.6 Å². The van der Waals surface area contributed by atoms with Crippen molar-refractivity contribution in [2.45, 2.75) is 36.9 Å². The Labute approximate surface area is 244 Å². The first kappa shape index (κ1) is 27.9. The van der Waals surface area contributed by atoms with Crippen molar-refractivity contribution in [3.05, 3.63) is 95.6 Å². The van der Waals surface area contributed by atoms with Crippen molar-refractivity contribution >= 4 is 18.0 Å². The van der Waals surface area contributed by atoms with Gasteiger partial charge in [-0.2, -0.15) is 0 Å². The summed E-state index contributed by atoms with van der Waals surface area (Å²) in [6, 6.07) is 26.1. The number of rotatable bonds is 9. The summed E-state index contributed by atoms with van der Waals surface area (Å²) in [7, 11) is 0. The fourth-order valence-electron chi connectivity index (χ4n) is 6.50. The number of benzene rings is 3. The number of carbonyl (C=O) groups is 3. The largest absolute Gasteiger partial charge is 0.479 e. The Morgan fingerprint density at radius 2 is 1.62 bits per heavy atom. The molecule has 2 heterocycles. The number of ether oxygens (including phenoxy) is 2. The molecule has 3 aliphatic rings. The van der Waals surface area contributed by atoms with Gasteiger partial charge in [0.15, 0.2) is 5.54 Å². The Morgan fingerprint density at radius 1 is 0.952 bits per heavy atom. The van der Waals surface area contributed by atoms with Crippen molar-refractivity contribution < 1.29 is 29.0 Å². The minimum Gasteiger partial charge on any atom is -0.479 e. The van der Waals surface area contributed by atoms with Crippen LogP contribution in [0.15, 0.2) is 78.9 Å². The van der Waals surface area contributed by atoms with Gasteiger partial charge < -0.3 is 25.2 Å². The Balaban J connectivity index is 1.02. The minimum atomic E-state index is -1.39. The van der Waals surface area contributed by atoms with E-state index in [2.05, 4.69) is 34.9 Å². The number of hydrogen-bond acceptors (Lipinski definition) is 6. The van der Waals surface area contributed by atoms with Crippen molar-refractivity contribution in [3.63, 3.8) is 0 Å². The number of carboxylic acids is 1. The zero-order valence-electron chi connectivity index (χ0n) is 23.3. The van der Waals surface area contributed by atoms with E-state index in [1.54, 1.807) is 0 Å². The van der Waals surface area contributed by atoms with Gasteiger partial charge in [-0.15, -0.1) is 0 Å². The van der Waals surface area contributed by atoms with Gasteiger partial charge in [-0.1, -0.05) is 78.9 Å². The average Bonchev–Trinajstić information content (AvgIpc) is 3.72. The van der Waals surface area contributed by atoms with Crippen LogP contribution in [-0.4, -0.2) is 72.5 Å². The lowest BCUT2D eigenvalue weighted by molar-refractivity contribution is -0.149. The molecule has 3 aromatic carbocycles. The number of likely N-dealkylation sites (tertiary alicyclic amines) is 1. The van der Waals surface area contributed by atoms with Gasteiger partial charge in [0.1, 0.15) is 12.7 Å². The van der Waals surface area contributed by atoms with Crippen molar-refractivity contribution in [2.75, 3.05) is 32.8 Å². The van der Waals surface area contributed by atoms with Gasteiger partial charge in [0.2, 0.25) is 5.91 Å². The van der Waals surface area contributed by atoms with Crippen molar-refractivity contribution in [3.8, 4) is 11.1 Å². The summed E-state index contributed by atoms with van der Waals surface area (Å²) in [6.45, 7) is 2.12. The monoisotopic (exact) mass is 569 g/mol. The van der Waals surface area contributed by atoms with Gasteiger partial charge in [-0.25, -0.2) is 9.59 Å². The van der Waals surface area contributed by atoms with Gasteiger partial charge in [-0.3, -0.25) is 9.69 Å². The Morgan fingerprint density at radius 3 is 2.31 bits per heavy atom. The van der Waals surface area contributed by atoms with Crippen LogP contribution in [0, 0.1) is 5.92 Å². The molecule has 9 heteroatoms. The summed E-state index contributed by atoms with van der Waals surface area (Å²) in [5.41, 5.74) is 4.28. The molecule has 3 N–H and O–H groups in total. The van der Waals surface area contributed by atoms with Crippen LogP contribution >= 0.6 is 0 Å². The fourth-order valence-corrected chi connectivity index (χ4v) is 6.50. The first-order valence-electron chi connectivity index (χ1n) is 14.5. The average molecular weight is 570 g/mol. The molecule has 0 bridgehead atoms. The van der Waals surface area contributed by atoms with E-state index in [0.717, 1.165) is 27.8 Å². The molecule has 42 heavy (non-hydrogen) atoms. The van der Waals surface area contributed by atoms with Crippen LogP contribution in [0.25, 0.3) is 11.1 Å². The number of nitrogens with one attached hydrogen (secondary N) is 2. The number of fused-ring (bicyclic) bond motifs is 3. The molecule has 1 unspecified atom stereocenters. The van der Waals surface area contributed by atoms with Crippen molar-refractivity contribution in [1.29, 1.82) is 0 Å². The maximum Gasteiger partial charge on any atom is 0.407 e. The highest BCUT2D eigenvalue weighted by Gasteiger charge is 2.48. The highest BCUT2D eigenvalue weighted by atomic mass is 16.5. The number of aliphatic carboxylic acids is 1. The maximum atomic E-state index is 13.3. The van der Waals surface area contributed by atoms with Crippen LogP contribution in [0.4, 0.5) is 4.79 Å². The van der Waals surface area contributed by atoms with Gasteiger partial charge in [0.25, 0.3) is 0 Å². The number of nitrogens with zero attached hydrogens (tertiary/aromatic N) is 1. The number of alkyl carbamates (subject to hydrolysis) is 1. The van der Waals surface area contributed by atoms with Crippen LogP contribution in [0.3, 0.4) is 0 Å². The molecule has 0 spiro atoms. The summed E-state index contributed by atoms with van der Waals surface area (Å²) in [5.74, 6) is -1.86. The summed E-state index contributed by atoms with van der Waals surface area (Å²) in [6.07, 6.45) is -0.534. The first-order chi connectivity index (χ1) is 20.4. The molecule has 3 aromatic rings. The van der Waals surface area contributed by atoms with Crippen LogP contribution in [0.2, 0.25) is 0 Å². The highest BCUT2D eigenvalue weighted by Crippen LogP contribution is 2.44. The van der Waals surface area contributed by atoms with E-state index >= 15 is 0 Å². The Kier molecular flexibility index (Phi) is 7.95. The highest BCUT2D eigenvalue weighted by molar-refractivity contribution is 5.90. The summed E-state index contributed by atoms with van der Waals surface area (Å²) in [5, 5.41) is 15.7. The van der Waals surface area contributed by atoms with Gasteiger partial charge in [-0.05, 0) is 40.7 Å². The molecule has 2 amide bonds. The number of carboxylic acid groups (broad SMARTS) is 1. The third-order valence-electron chi connectivity index (χ3n) is 8.69. The molecule has 1 aliphatic carbocycles. The van der Waals surface area contributed by atoms with E-state index in [1.165, 1.54) is 0 Å². The van der Waals surface area contributed by atoms with E-state index in [-0.39, 0.29) is 31.5 Å². The molecule has 2 saturated heterocycles. The van der Waals surface area contributed by atoms with Crippen LogP contribution < -0.4 is 10.6 Å². The van der Waals surface area contributed by atoms with Crippen LogP contribution in [0.1, 0.15) is 35.4 Å². The lowest BCUT2D eigenvalue weighted by Gasteiger charge is -2.29. The normalized spacial score (nSPS) is 23.2. The zero-order chi connectivity index (χ0) is 29.1. The van der Waals surface area contributed by atoms with Crippen molar-refractivity contribution in [2.24, 2.45) is 5.92 Å². The maximum absolute atomic E-state index is 13.3. The number of amides is 2. The molecule has 218 valence electrons. The van der Waals surface area contributed by atoms with E-state index in [1.807, 2.05) is 59.5 Å². The second kappa shape index (κ2) is 12.0. The van der Waals surface area contributed by atoms with Crippen LogP contribution in [-0.2, 0) is 25.6 Å². The molecular weight excluding hydrogens is 534 g/mol. The van der Waals surface area contributed by atoms with Gasteiger partial charge in [0, 0.05) is 44.6 Å². The summed E-state index contributed by atoms with van der Waals surface area (Å²) in [4.78, 5) is 40.4. The molecule has 0 aromatic heterocycles.